The summed E-state index contributed by atoms with van der Waals surface area (Å²) in [6.45, 7) is 9.51. The number of nitrogens with one attached hydrogen (secondary N) is 1. The Labute approximate surface area is 150 Å². The predicted octanol–water partition coefficient (Wildman–Crippen LogP) is 5.46. The van der Waals surface area contributed by atoms with Gasteiger partial charge in [0.1, 0.15) is 5.75 Å². The van der Waals surface area contributed by atoms with Gasteiger partial charge in [-0.1, -0.05) is 45.0 Å². The lowest BCUT2D eigenvalue weighted by molar-refractivity contribution is 0.415. The lowest BCUT2D eigenvalue weighted by Gasteiger charge is -2.19. The SMILES string of the molecule is COc1ccc2nc(C)cc(NCc3ccc(C(C)(C)C)cc3)c2c1. The van der Waals surface area contributed by atoms with Crippen LogP contribution < -0.4 is 10.1 Å². The fraction of sp³-hybridized carbons (Fsp3) is 0.318. The van der Waals surface area contributed by atoms with Gasteiger partial charge in [-0.3, -0.25) is 4.98 Å². The number of pyridine rings is 1. The molecule has 0 aliphatic carbocycles. The third-order valence-corrected chi connectivity index (χ3v) is 4.45. The molecule has 0 aliphatic rings. The Kier molecular flexibility index (Phi) is 4.67. The summed E-state index contributed by atoms with van der Waals surface area (Å²) in [6, 6.07) is 16.9. The van der Waals surface area contributed by atoms with E-state index in [1.54, 1.807) is 7.11 Å². The molecule has 0 bridgehead atoms. The molecule has 0 spiro atoms. The van der Waals surface area contributed by atoms with Crippen LogP contribution in [0.4, 0.5) is 5.69 Å². The maximum Gasteiger partial charge on any atom is 0.119 e. The second-order valence-corrected chi connectivity index (χ2v) is 7.49. The molecule has 3 heteroatoms. The van der Waals surface area contributed by atoms with Crippen LogP contribution in [0.25, 0.3) is 10.9 Å². The molecule has 0 amide bonds. The third kappa shape index (κ3) is 3.93. The molecule has 0 saturated carbocycles. The van der Waals surface area contributed by atoms with Crippen LogP contribution in [0, 0.1) is 6.92 Å². The van der Waals surface area contributed by atoms with Crippen LogP contribution in [0.5, 0.6) is 5.75 Å². The van der Waals surface area contributed by atoms with Crippen LogP contribution in [-0.4, -0.2) is 12.1 Å². The van der Waals surface area contributed by atoms with Crippen molar-refractivity contribution in [3.8, 4) is 5.75 Å². The zero-order valence-electron chi connectivity index (χ0n) is 15.7. The summed E-state index contributed by atoms with van der Waals surface area (Å²) in [5.74, 6) is 0.843. The van der Waals surface area contributed by atoms with Gasteiger partial charge in [-0.2, -0.15) is 0 Å². The lowest BCUT2D eigenvalue weighted by Crippen LogP contribution is -2.11. The van der Waals surface area contributed by atoms with E-state index in [1.807, 2.05) is 25.1 Å². The molecule has 0 aliphatic heterocycles. The normalized spacial score (nSPS) is 11.6. The van der Waals surface area contributed by atoms with Gasteiger partial charge < -0.3 is 10.1 Å². The van der Waals surface area contributed by atoms with Crippen molar-refractivity contribution in [1.82, 2.24) is 4.98 Å². The third-order valence-electron chi connectivity index (χ3n) is 4.45. The molecule has 2 aromatic carbocycles. The van der Waals surface area contributed by atoms with E-state index in [0.717, 1.165) is 34.6 Å². The number of nitrogens with zero attached hydrogens (tertiary/aromatic N) is 1. The van der Waals surface area contributed by atoms with Crippen LogP contribution in [-0.2, 0) is 12.0 Å². The number of benzene rings is 2. The number of anilines is 1. The van der Waals surface area contributed by atoms with Crippen LogP contribution in [0.2, 0.25) is 0 Å². The summed E-state index contributed by atoms with van der Waals surface area (Å²) in [5.41, 5.74) is 5.86. The van der Waals surface area contributed by atoms with Gasteiger partial charge in [-0.25, -0.2) is 0 Å². The van der Waals surface area contributed by atoms with Gasteiger partial charge in [-0.15, -0.1) is 0 Å². The second-order valence-electron chi connectivity index (χ2n) is 7.49. The summed E-state index contributed by atoms with van der Waals surface area (Å²) < 4.78 is 5.36. The van der Waals surface area contributed by atoms with E-state index in [9.17, 15) is 0 Å². The standard InChI is InChI=1S/C22H26N2O/c1-15-12-21(19-13-18(25-5)10-11-20(19)24-15)23-14-16-6-8-17(9-7-16)22(2,3)4/h6-13H,14H2,1-5H3,(H,23,24). The van der Waals surface area contributed by atoms with Gasteiger partial charge in [0, 0.05) is 23.3 Å². The topological polar surface area (TPSA) is 34.1 Å². The monoisotopic (exact) mass is 334 g/mol. The smallest absolute Gasteiger partial charge is 0.119 e. The second kappa shape index (κ2) is 6.75. The number of hydrogen-bond acceptors (Lipinski definition) is 3. The lowest BCUT2D eigenvalue weighted by atomic mass is 9.87. The average Bonchev–Trinajstić information content (AvgIpc) is 2.58. The fourth-order valence-corrected chi connectivity index (χ4v) is 2.93. The number of ether oxygens (including phenoxy) is 1. The van der Waals surface area contributed by atoms with E-state index in [2.05, 4.69) is 61.4 Å². The van der Waals surface area contributed by atoms with E-state index in [-0.39, 0.29) is 5.41 Å². The van der Waals surface area contributed by atoms with Gasteiger partial charge in [-0.05, 0) is 47.7 Å². The van der Waals surface area contributed by atoms with Gasteiger partial charge in [0.2, 0.25) is 0 Å². The molecule has 0 atom stereocenters. The first-order chi connectivity index (χ1) is 11.9. The quantitative estimate of drug-likeness (QED) is 0.688. The average molecular weight is 334 g/mol. The highest BCUT2D eigenvalue weighted by atomic mass is 16.5. The molecule has 1 N–H and O–H groups in total. The van der Waals surface area contributed by atoms with Crippen LogP contribution >= 0.6 is 0 Å². The Hall–Kier alpha value is -2.55. The number of hydrogen-bond donors (Lipinski definition) is 1. The fourth-order valence-electron chi connectivity index (χ4n) is 2.93. The summed E-state index contributed by atoms with van der Waals surface area (Å²) in [6.07, 6.45) is 0. The molecule has 25 heavy (non-hydrogen) atoms. The molecule has 1 aromatic heterocycles. The van der Waals surface area contributed by atoms with E-state index >= 15 is 0 Å². The van der Waals surface area contributed by atoms with Crippen LogP contribution in [0.1, 0.15) is 37.6 Å². The van der Waals surface area contributed by atoms with Gasteiger partial charge in [0.05, 0.1) is 12.6 Å². The summed E-state index contributed by atoms with van der Waals surface area (Å²) in [7, 11) is 1.69. The minimum Gasteiger partial charge on any atom is -0.497 e. The zero-order chi connectivity index (χ0) is 18.0. The Morgan fingerprint density at radius 1 is 1.00 bits per heavy atom. The Morgan fingerprint density at radius 3 is 2.36 bits per heavy atom. The molecule has 3 nitrogen and oxygen atoms in total. The Morgan fingerprint density at radius 2 is 1.72 bits per heavy atom. The molecule has 3 aromatic rings. The molecular formula is C22H26N2O. The molecule has 0 fully saturated rings. The molecule has 0 unspecified atom stereocenters. The first kappa shape index (κ1) is 17.3. The first-order valence-electron chi connectivity index (χ1n) is 8.65. The minimum absolute atomic E-state index is 0.181. The number of aromatic nitrogens is 1. The molecular weight excluding hydrogens is 308 g/mol. The zero-order valence-corrected chi connectivity index (χ0v) is 15.7. The highest BCUT2D eigenvalue weighted by Gasteiger charge is 2.13. The van der Waals surface area contributed by atoms with Crippen molar-refractivity contribution in [1.29, 1.82) is 0 Å². The summed E-state index contributed by atoms with van der Waals surface area (Å²) in [4.78, 5) is 4.61. The summed E-state index contributed by atoms with van der Waals surface area (Å²) >= 11 is 0. The first-order valence-corrected chi connectivity index (χ1v) is 8.65. The van der Waals surface area contributed by atoms with Crippen molar-refractivity contribution in [2.45, 2.75) is 39.7 Å². The van der Waals surface area contributed by atoms with Gasteiger partial charge in [0.15, 0.2) is 0 Å². The largest absolute Gasteiger partial charge is 0.497 e. The predicted molar refractivity (Wildman–Crippen MR) is 106 cm³/mol. The number of rotatable bonds is 4. The highest BCUT2D eigenvalue weighted by molar-refractivity contribution is 5.92. The van der Waals surface area contributed by atoms with Gasteiger partial charge in [0.25, 0.3) is 0 Å². The van der Waals surface area contributed by atoms with E-state index in [4.69, 9.17) is 4.74 Å². The van der Waals surface area contributed by atoms with Crippen molar-refractivity contribution in [3.63, 3.8) is 0 Å². The number of aryl methyl sites for hydroxylation is 1. The van der Waals surface area contributed by atoms with Crippen LogP contribution in [0.15, 0.2) is 48.5 Å². The Balaban J connectivity index is 1.85. The van der Waals surface area contributed by atoms with Crippen molar-refractivity contribution in [3.05, 3.63) is 65.4 Å². The maximum atomic E-state index is 5.36. The van der Waals surface area contributed by atoms with Crippen molar-refractivity contribution >= 4 is 16.6 Å². The minimum atomic E-state index is 0.181. The van der Waals surface area contributed by atoms with Crippen LogP contribution in [0.3, 0.4) is 0 Å². The number of methoxy groups -OCH3 is 1. The van der Waals surface area contributed by atoms with E-state index < -0.39 is 0 Å². The van der Waals surface area contributed by atoms with E-state index in [0.29, 0.717) is 0 Å². The van der Waals surface area contributed by atoms with Crippen molar-refractivity contribution in [2.75, 3.05) is 12.4 Å². The van der Waals surface area contributed by atoms with Crippen molar-refractivity contribution < 1.29 is 4.74 Å². The molecule has 1 heterocycles. The molecule has 130 valence electrons. The Bertz CT molecular complexity index is 877. The molecule has 0 saturated heterocycles. The van der Waals surface area contributed by atoms with Crippen molar-refractivity contribution in [2.24, 2.45) is 0 Å². The molecule has 3 rings (SSSR count). The summed E-state index contributed by atoms with van der Waals surface area (Å²) in [5, 5.41) is 4.64. The molecule has 0 radical (unpaired) electrons. The number of fused-ring (bicyclic) bond motifs is 1. The highest BCUT2D eigenvalue weighted by Crippen LogP contribution is 2.28. The van der Waals surface area contributed by atoms with Gasteiger partial charge >= 0.3 is 0 Å². The van der Waals surface area contributed by atoms with E-state index in [1.165, 1.54) is 11.1 Å². The maximum absolute atomic E-state index is 5.36.